The van der Waals surface area contributed by atoms with Gasteiger partial charge in [0.15, 0.2) is 23.9 Å². The molecule has 1 heterocycles. The van der Waals surface area contributed by atoms with Crippen molar-refractivity contribution in [2.45, 2.75) is 6.92 Å². The molecule has 0 aromatic heterocycles. The minimum absolute atomic E-state index is 0.0718. The van der Waals surface area contributed by atoms with Crippen molar-refractivity contribution in [1.82, 2.24) is 0 Å². The van der Waals surface area contributed by atoms with Crippen LogP contribution in [0.2, 0.25) is 0 Å². The molecule has 1 aliphatic heterocycles. The molecule has 2 aromatic rings. The third kappa shape index (κ3) is 3.70. The van der Waals surface area contributed by atoms with E-state index >= 15 is 0 Å². The number of benzene rings is 2. The van der Waals surface area contributed by atoms with Gasteiger partial charge in [0.1, 0.15) is 5.75 Å². The minimum atomic E-state index is -0.441. The smallest absolute Gasteiger partial charge is 0.262 e. The average Bonchev–Trinajstić information content (AvgIpc) is 3.06. The molecule has 0 atom stereocenters. The fourth-order valence-electron chi connectivity index (χ4n) is 2.33. The van der Waals surface area contributed by atoms with Crippen molar-refractivity contribution in [3.05, 3.63) is 47.5 Å². The molecule has 126 valence electrons. The first-order valence-corrected chi connectivity index (χ1v) is 7.44. The number of nitrogens with one attached hydrogen (secondary N) is 1. The molecule has 0 saturated heterocycles. The van der Waals surface area contributed by atoms with Crippen LogP contribution >= 0.6 is 0 Å². The number of anilines is 1. The zero-order valence-corrected chi connectivity index (χ0v) is 13.4. The van der Waals surface area contributed by atoms with Crippen LogP contribution in [0.1, 0.15) is 22.8 Å². The quantitative estimate of drug-likeness (QED) is 0.841. The molecule has 2 aromatic carbocycles. The van der Waals surface area contributed by atoms with Crippen LogP contribution in [0, 0.1) is 11.3 Å². The number of ketones is 1. The standard InChI is InChI=1S/C18H14N2O5/c1-11(21)14-6-16-17(25-10-24-16)7-15(14)20-18(22)9-23-13-4-2-3-12(5-13)8-19/h2-7H,9-10H2,1H3,(H,20,22). The molecule has 0 saturated carbocycles. The van der Waals surface area contributed by atoms with Gasteiger partial charge in [-0.05, 0) is 31.2 Å². The van der Waals surface area contributed by atoms with E-state index in [-0.39, 0.29) is 19.2 Å². The van der Waals surface area contributed by atoms with Crippen LogP contribution in [0.3, 0.4) is 0 Å². The predicted molar refractivity (Wildman–Crippen MR) is 87.9 cm³/mol. The average molecular weight is 338 g/mol. The Morgan fingerprint density at radius 2 is 2.00 bits per heavy atom. The SMILES string of the molecule is CC(=O)c1cc2c(cc1NC(=O)COc1cccc(C#N)c1)OCO2. The summed E-state index contributed by atoms with van der Waals surface area (Å²) in [6.07, 6.45) is 0. The third-order valence-corrected chi connectivity index (χ3v) is 3.50. The first-order chi connectivity index (χ1) is 12.1. The minimum Gasteiger partial charge on any atom is -0.484 e. The summed E-state index contributed by atoms with van der Waals surface area (Å²) in [6.45, 7) is 1.21. The Kier molecular flexibility index (Phi) is 4.53. The number of fused-ring (bicyclic) bond motifs is 1. The van der Waals surface area contributed by atoms with E-state index in [2.05, 4.69) is 5.32 Å². The summed E-state index contributed by atoms with van der Waals surface area (Å²) in [5, 5.41) is 11.5. The van der Waals surface area contributed by atoms with Gasteiger partial charge in [-0.3, -0.25) is 9.59 Å². The van der Waals surface area contributed by atoms with Crippen LogP contribution in [0.5, 0.6) is 17.2 Å². The molecule has 0 fully saturated rings. The molecule has 25 heavy (non-hydrogen) atoms. The van der Waals surface area contributed by atoms with Crippen LogP contribution in [-0.4, -0.2) is 25.1 Å². The predicted octanol–water partition coefficient (Wildman–Crippen LogP) is 2.51. The lowest BCUT2D eigenvalue weighted by Crippen LogP contribution is -2.21. The summed E-state index contributed by atoms with van der Waals surface area (Å²) in [6, 6.07) is 11.6. The van der Waals surface area contributed by atoms with Crippen molar-refractivity contribution < 1.29 is 23.8 Å². The van der Waals surface area contributed by atoms with Gasteiger partial charge in [-0.1, -0.05) is 6.07 Å². The highest BCUT2D eigenvalue weighted by Crippen LogP contribution is 2.37. The van der Waals surface area contributed by atoms with Crippen molar-refractivity contribution >= 4 is 17.4 Å². The van der Waals surface area contributed by atoms with E-state index in [0.717, 1.165) is 0 Å². The lowest BCUT2D eigenvalue weighted by molar-refractivity contribution is -0.118. The molecule has 1 aliphatic rings. The lowest BCUT2D eigenvalue weighted by Gasteiger charge is -2.11. The number of hydrogen-bond donors (Lipinski definition) is 1. The lowest BCUT2D eigenvalue weighted by atomic mass is 10.1. The Morgan fingerprint density at radius 3 is 2.72 bits per heavy atom. The number of hydrogen-bond acceptors (Lipinski definition) is 6. The van der Waals surface area contributed by atoms with E-state index in [4.69, 9.17) is 19.5 Å². The Morgan fingerprint density at radius 1 is 1.24 bits per heavy atom. The number of nitriles is 1. The zero-order valence-electron chi connectivity index (χ0n) is 13.4. The second-order valence-electron chi connectivity index (χ2n) is 5.28. The highest BCUT2D eigenvalue weighted by atomic mass is 16.7. The number of ether oxygens (including phenoxy) is 3. The van der Waals surface area contributed by atoms with E-state index in [9.17, 15) is 9.59 Å². The van der Waals surface area contributed by atoms with Crippen molar-refractivity contribution in [3.8, 4) is 23.3 Å². The largest absolute Gasteiger partial charge is 0.484 e. The fraction of sp³-hybridized carbons (Fsp3) is 0.167. The number of Topliss-reactive ketones (excluding diaryl/α,β-unsaturated/α-hetero) is 1. The van der Waals surface area contributed by atoms with E-state index in [1.165, 1.54) is 19.1 Å². The third-order valence-electron chi connectivity index (χ3n) is 3.50. The Balaban J connectivity index is 1.70. The Labute approximate surface area is 143 Å². The molecule has 1 amide bonds. The van der Waals surface area contributed by atoms with Crippen LogP contribution in [0.15, 0.2) is 36.4 Å². The van der Waals surface area contributed by atoms with E-state index in [0.29, 0.717) is 34.1 Å². The molecule has 7 heteroatoms. The van der Waals surface area contributed by atoms with Gasteiger partial charge in [0.05, 0.1) is 17.3 Å². The summed E-state index contributed by atoms with van der Waals surface area (Å²) in [7, 11) is 0. The van der Waals surface area contributed by atoms with E-state index < -0.39 is 5.91 Å². The number of carbonyl (C=O) groups is 2. The van der Waals surface area contributed by atoms with Crippen molar-refractivity contribution in [1.29, 1.82) is 5.26 Å². The molecule has 0 bridgehead atoms. The second kappa shape index (κ2) is 6.93. The van der Waals surface area contributed by atoms with E-state index in [1.54, 1.807) is 24.3 Å². The molecular formula is C18H14N2O5. The van der Waals surface area contributed by atoms with Crippen LogP contribution in [0.25, 0.3) is 0 Å². The maximum atomic E-state index is 12.1. The first-order valence-electron chi connectivity index (χ1n) is 7.44. The maximum Gasteiger partial charge on any atom is 0.262 e. The summed E-state index contributed by atoms with van der Waals surface area (Å²) >= 11 is 0. The number of carbonyl (C=O) groups excluding carboxylic acids is 2. The molecule has 0 unspecified atom stereocenters. The van der Waals surface area contributed by atoms with E-state index in [1.807, 2.05) is 6.07 Å². The summed E-state index contributed by atoms with van der Waals surface area (Å²) < 4.78 is 15.9. The maximum absolute atomic E-state index is 12.1. The number of amides is 1. The van der Waals surface area contributed by atoms with Crippen LogP contribution in [-0.2, 0) is 4.79 Å². The van der Waals surface area contributed by atoms with Gasteiger partial charge in [-0.25, -0.2) is 0 Å². The highest BCUT2D eigenvalue weighted by Gasteiger charge is 2.20. The first kappa shape index (κ1) is 16.3. The molecule has 3 rings (SSSR count). The van der Waals surface area contributed by atoms with Gasteiger partial charge in [-0.15, -0.1) is 0 Å². The normalized spacial score (nSPS) is 11.5. The van der Waals surface area contributed by atoms with Crippen LogP contribution < -0.4 is 19.5 Å². The highest BCUT2D eigenvalue weighted by molar-refractivity contribution is 6.04. The summed E-state index contributed by atoms with van der Waals surface area (Å²) in [5.41, 5.74) is 1.09. The van der Waals surface area contributed by atoms with Gasteiger partial charge in [0.2, 0.25) is 6.79 Å². The molecule has 0 radical (unpaired) electrons. The molecule has 1 N–H and O–H groups in total. The topological polar surface area (TPSA) is 97.7 Å². The second-order valence-corrected chi connectivity index (χ2v) is 5.28. The van der Waals surface area contributed by atoms with Gasteiger partial charge in [-0.2, -0.15) is 5.26 Å². The Bertz CT molecular complexity index is 886. The van der Waals surface area contributed by atoms with Gasteiger partial charge in [0.25, 0.3) is 5.91 Å². The van der Waals surface area contributed by atoms with Gasteiger partial charge in [0, 0.05) is 11.6 Å². The summed E-state index contributed by atoms with van der Waals surface area (Å²) in [5.74, 6) is 0.683. The summed E-state index contributed by atoms with van der Waals surface area (Å²) in [4.78, 5) is 23.9. The Hall–Kier alpha value is -3.53. The van der Waals surface area contributed by atoms with Gasteiger partial charge < -0.3 is 19.5 Å². The molecule has 7 nitrogen and oxygen atoms in total. The number of rotatable bonds is 5. The zero-order chi connectivity index (χ0) is 17.8. The monoisotopic (exact) mass is 338 g/mol. The molecule has 0 spiro atoms. The molecular weight excluding hydrogens is 324 g/mol. The van der Waals surface area contributed by atoms with Crippen molar-refractivity contribution in [3.63, 3.8) is 0 Å². The molecule has 0 aliphatic carbocycles. The van der Waals surface area contributed by atoms with Crippen molar-refractivity contribution in [2.24, 2.45) is 0 Å². The van der Waals surface area contributed by atoms with Crippen LogP contribution in [0.4, 0.5) is 5.69 Å². The van der Waals surface area contributed by atoms with Gasteiger partial charge >= 0.3 is 0 Å². The fourth-order valence-corrected chi connectivity index (χ4v) is 2.33. The van der Waals surface area contributed by atoms with Crippen molar-refractivity contribution in [2.75, 3.05) is 18.7 Å². The number of nitrogens with zero attached hydrogens (tertiary/aromatic N) is 1.